The molecule has 1 amide bonds. The maximum atomic E-state index is 12.5. The number of hydrogen-bond donors (Lipinski definition) is 1. The van der Waals surface area contributed by atoms with Crippen molar-refractivity contribution in [1.29, 1.82) is 0 Å². The zero-order valence-corrected chi connectivity index (χ0v) is 13.4. The van der Waals surface area contributed by atoms with E-state index in [0.29, 0.717) is 5.56 Å². The molecule has 0 bridgehead atoms. The number of nitrogens with zero attached hydrogens (tertiary/aromatic N) is 2. The monoisotopic (exact) mass is 340 g/mol. The highest BCUT2D eigenvalue weighted by Crippen LogP contribution is 2.21. The van der Waals surface area contributed by atoms with Crippen LogP contribution in [-0.2, 0) is 0 Å². The van der Waals surface area contributed by atoms with Gasteiger partial charge >= 0.3 is 0 Å². The molecule has 1 aliphatic heterocycles. The van der Waals surface area contributed by atoms with Crippen LogP contribution in [0.2, 0.25) is 0 Å². The number of aryl methyl sites for hydroxylation is 1. The zero-order valence-electron chi connectivity index (χ0n) is 11.8. The zero-order chi connectivity index (χ0) is 14.5. The Morgan fingerprint density at radius 2 is 2.10 bits per heavy atom. The second kappa shape index (κ2) is 7.09. The molecule has 1 aromatic carbocycles. The number of alkyl halides is 1. The summed E-state index contributed by atoms with van der Waals surface area (Å²) < 4.78 is 0. The smallest absolute Gasteiger partial charge is 0.257 e. The van der Waals surface area contributed by atoms with Crippen LogP contribution in [0.3, 0.4) is 0 Å². The number of phenols is 1. The Hall–Kier alpha value is -1.07. The van der Waals surface area contributed by atoms with E-state index >= 15 is 0 Å². The fourth-order valence-electron chi connectivity index (χ4n) is 2.51. The maximum Gasteiger partial charge on any atom is 0.257 e. The normalized spacial score (nSPS) is 17.0. The average molecular weight is 341 g/mol. The standard InChI is InChI=1S/C15H21BrN2O2/c1-12-3-4-13(14(19)11-12)15(20)18-7-2-6-17(8-5-16)9-10-18/h3-4,11,19H,2,5-10H2,1H3. The Morgan fingerprint density at radius 1 is 1.30 bits per heavy atom. The van der Waals surface area contributed by atoms with Gasteiger partial charge < -0.3 is 14.9 Å². The van der Waals surface area contributed by atoms with Gasteiger partial charge in [0.25, 0.3) is 5.91 Å². The molecule has 1 N–H and O–H groups in total. The highest BCUT2D eigenvalue weighted by atomic mass is 79.9. The van der Waals surface area contributed by atoms with Gasteiger partial charge in [-0.05, 0) is 37.6 Å². The molecule has 1 fully saturated rings. The van der Waals surface area contributed by atoms with Crippen LogP contribution in [-0.4, -0.2) is 58.9 Å². The summed E-state index contributed by atoms with van der Waals surface area (Å²) in [4.78, 5) is 16.7. The molecule has 1 saturated heterocycles. The summed E-state index contributed by atoms with van der Waals surface area (Å²) in [5.74, 6) is 0.0137. The van der Waals surface area contributed by atoms with Crippen molar-refractivity contribution < 1.29 is 9.90 Å². The summed E-state index contributed by atoms with van der Waals surface area (Å²) in [6, 6.07) is 5.22. The number of halogens is 1. The van der Waals surface area contributed by atoms with E-state index < -0.39 is 0 Å². The fourth-order valence-corrected chi connectivity index (χ4v) is 3.01. The number of rotatable bonds is 3. The Morgan fingerprint density at radius 3 is 2.80 bits per heavy atom. The lowest BCUT2D eigenvalue weighted by Gasteiger charge is -2.22. The molecule has 110 valence electrons. The number of benzene rings is 1. The molecular formula is C15H21BrN2O2. The number of phenolic OH excluding ortho intramolecular Hbond substituents is 1. The molecule has 1 aliphatic rings. The van der Waals surface area contributed by atoms with Gasteiger partial charge in [0.1, 0.15) is 5.75 Å². The summed E-state index contributed by atoms with van der Waals surface area (Å²) in [7, 11) is 0. The van der Waals surface area contributed by atoms with Crippen LogP contribution < -0.4 is 0 Å². The van der Waals surface area contributed by atoms with Crippen LogP contribution in [0.1, 0.15) is 22.3 Å². The first-order valence-electron chi connectivity index (χ1n) is 6.99. The molecule has 1 heterocycles. The van der Waals surface area contributed by atoms with Crippen molar-refractivity contribution in [3.8, 4) is 5.75 Å². The van der Waals surface area contributed by atoms with Crippen LogP contribution in [0.15, 0.2) is 18.2 Å². The van der Waals surface area contributed by atoms with E-state index in [2.05, 4.69) is 20.8 Å². The molecule has 0 saturated carbocycles. The Kier molecular flexibility index (Phi) is 5.43. The molecule has 1 aromatic rings. The van der Waals surface area contributed by atoms with Crippen molar-refractivity contribution in [3.05, 3.63) is 29.3 Å². The minimum atomic E-state index is -0.0665. The Balaban J connectivity index is 2.05. The second-order valence-corrected chi connectivity index (χ2v) is 5.99. The van der Waals surface area contributed by atoms with Gasteiger partial charge in [-0.15, -0.1) is 0 Å². The molecule has 5 heteroatoms. The molecule has 0 aliphatic carbocycles. The topological polar surface area (TPSA) is 43.8 Å². The van der Waals surface area contributed by atoms with Gasteiger partial charge in [0.2, 0.25) is 0 Å². The molecule has 0 aromatic heterocycles. The van der Waals surface area contributed by atoms with Crippen LogP contribution in [0.5, 0.6) is 5.75 Å². The number of carbonyl (C=O) groups is 1. The van der Waals surface area contributed by atoms with E-state index in [0.717, 1.165) is 50.0 Å². The lowest BCUT2D eigenvalue weighted by atomic mass is 10.1. The maximum absolute atomic E-state index is 12.5. The number of hydrogen-bond acceptors (Lipinski definition) is 3. The highest BCUT2D eigenvalue weighted by Gasteiger charge is 2.21. The molecular weight excluding hydrogens is 320 g/mol. The summed E-state index contributed by atoms with van der Waals surface area (Å²) in [6.45, 7) is 6.30. The van der Waals surface area contributed by atoms with E-state index in [1.165, 1.54) is 0 Å². The molecule has 20 heavy (non-hydrogen) atoms. The largest absolute Gasteiger partial charge is 0.507 e. The van der Waals surface area contributed by atoms with E-state index in [1.807, 2.05) is 17.9 Å². The Bertz CT molecular complexity index is 479. The Labute approximate surface area is 128 Å². The molecule has 0 radical (unpaired) electrons. The fraction of sp³-hybridized carbons (Fsp3) is 0.533. The summed E-state index contributed by atoms with van der Waals surface area (Å²) in [5, 5.41) is 10.9. The van der Waals surface area contributed by atoms with Gasteiger partial charge in [-0.1, -0.05) is 22.0 Å². The van der Waals surface area contributed by atoms with Gasteiger partial charge in [0.05, 0.1) is 5.56 Å². The number of carbonyl (C=O) groups excluding carboxylic acids is 1. The van der Waals surface area contributed by atoms with Crippen molar-refractivity contribution in [2.24, 2.45) is 0 Å². The first-order chi connectivity index (χ1) is 9.61. The molecule has 2 rings (SSSR count). The van der Waals surface area contributed by atoms with E-state index in [9.17, 15) is 9.90 Å². The molecule has 4 nitrogen and oxygen atoms in total. The highest BCUT2D eigenvalue weighted by molar-refractivity contribution is 9.09. The van der Waals surface area contributed by atoms with E-state index in [-0.39, 0.29) is 11.7 Å². The summed E-state index contributed by atoms with van der Waals surface area (Å²) in [5.41, 5.74) is 1.36. The van der Waals surface area contributed by atoms with Gasteiger partial charge in [-0.3, -0.25) is 4.79 Å². The summed E-state index contributed by atoms with van der Waals surface area (Å²) in [6.07, 6.45) is 0.978. The van der Waals surface area contributed by atoms with Gasteiger partial charge in [0, 0.05) is 31.5 Å². The van der Waals surface area contributed by atoms with Gasteiger partial charge in [-0.2, -0.15) is 0 Å². The van der Waals surface area contributed by atoms with Gasteiger partial charge in [-0.25, -0.2) is 0 Å². The number of aromatic hydroxyl groups is 1. The number of amides is 1. The van der Waals surface area contributed by atoms with Crippen LogP contribution in [0, 0.1) is 6.92 Å². The molecule has 0 atom stereocenters. The van der Waals surface area contributed by atoms with Crippen LogP contribution in [0.25, 0.3) is 0 Å². The quantitative estimate of drug-likeness (QED) is 0.858. The minimum absolute atomic E-state index is 0.0665. The average Bonchev–Trinajstić information content (AvgIpc) is 2.64. The molecule has 0 spiro atoms. The summed E-state index contributed by atoms with van der Waals surface area (Å²) >= 11 is 3.45. The van der Waals surface area contributed by atoms with E-state index in [4.69, 9.17) is 0 Å². The van der Waals surface area contributed by atoms with Crippen LogP contribution >= 0.6 is 15.9 Å². The third-order valence-corrected chi connectivity index (χ3v) is 4.01. The van der Waals surface area contributed by atoms with Crippen molar-refractivity contribution >= 4 is 21.8 Å². The lowest BCUT2D eigenvalue weighted by molar-refractivity contribution is 0.0759. The van der Waals surface area contributed by atoms with Crippen molar-refractivity contribution in [2.45, 2.75) is 13.3 Å². The minimum Gasteiger partial charge on any atom is -0.507 e. The van der Waals surface area contributed by atoms with E-state index in [1.54, 1.807) is 12.1 Å². The van der Waals surface area contributed by atoms with Crippen molar-refractivity contribution in [2.75, 3.05) is 38.1 Å². The third-order valence-electron chi connectivity index (χ3n) is 3.66. The predicted octanol–water partition coefficient (Wildman–Crippen LogP) is 2.24. The van der Waals surface area contributed by atoms with Crippen LogP contribution in [0.4, 0.5) is 0 Å². The first-order valence-corrected chi connectivity index (χ1v) is 8.11. The molecule has 0 unspecified atom stereocenters. The second-order valence-electron chi connectivity index (χ2n) is 5.20. The van der Waals surface area contributed by atoms with Crippen molar-refractivity contribution in [3.63, 3.8) is 0 Å². The SMILES string of the molecule is Cc1ccc(C(=O)N2CCCN(CCBr)CC2)c(O)c1. The third kappa shape index (κ3) is 3.73. The van der Waals surface area contributed by atoms with Gasteiger partial charge in [0.15, 0.2) is 0 Å². The van der Waals surface area contributed by atoms with Crippen molar-refractivity contribution in [1.82, 2.24) is 9.80 Å². The predicted molar refractivity (Wildman–Crippen MR) is 83.6 cm³/mol. The lowest BCUT2D eigenvalue weighted by Crippen LogP contribution is -2.35. The first kappa shape index (κ1) is 15.3.